The molecule has 1 heterocycles. The van der Waals surface area contributed by atoms with Crippen molar-refractivity contribution in [2.24, 2.45) is 5.92 Å². The number of halogens is 1. The third-order valence-corrected chi connectivity index (χ3v) is 4.55. The third-order valence-electron chi connectivity index (χ3n) is 4.55. The maximum Gasteiger partial charge on any atom is 0.238 e. The van der Waals surface area contributed by atoms with E-state index in [0.29, 0.717) is 13.1 Å². The molecule has 25 heavy (non-hydrogen) atoms. The lowest BCUT2D eigenvalue weighted by atomic mass is 9.96. The predicted octanol–water partition coefficient (Wildman–Crippen LogP) is 2.78. The van der Waals surface area contributed by atoms with Crippen LogP contribution in [0.15, 0.2) is 24.3 Å². The Labute approximate surface area is 149 Å². The Hall–Kier alpha value is -1.95. The van der Waals surface area contributed by atoms with Crippen LogP contribution in [0.5, 0.6) is 0 Å². The van der Waals surface area contributed by atoms with E-state index in [1.165, 1.54) is 6.07 Å². The minimum absolute atomic E-state index is 0.0347. The van der Waals surface area contributed by atoms with Gasteiger partial charge in [0.1, 0.15) is 5.82 Å². The molecule has 1 aliphatic heterocycles. The Kier molecular flexibility index (Phi) is 7.85. The number of piperidine rings is 1. The molecular weight excluding hydrogens is 321 g/mol. The van der Waals surface area contributed by atoms with Crippen LogP contribution >= 0.6 is 0 Å². The maximum atomic E-state index is 13.5. The molecule has 2 N–H and O–H groups in total. The number of para-hydroxylation sites is 1. The van der Waals surface area contributed by atoms with Crippen molar-refractivity contribution in [3.8, 4) is 0 Å². The molecule has 0 saturated carbocycles. The normalized spacial score (nSPS) is 15.8. The number of anilines is 1. The number of likely N-dealkylation sites (tertiary alicyclic amines) is 1. The molecule has 0 aromatic heterocycles. The SMILES string of the molecule is CCCCCNC(=O)C1CCN(CC(=O)Nc2ccccc2F)CC1. The molecule has 0 unspecified atom stereocenters. The van der Waals surface area contributed by atoms with Gasteiger partial charge in [0.15, 0.2) is 0 Å². The average molecular weight is 349 g/mol. The summed E-state index contributed by atoms with van der Waals surface area (Å²) in [7, 11) is 0. The molecule has 138 valence electrons. The summed E-state index contributed by atoms with van der Waals surface area (Å²) in [6, 6.07) is 6.13. The minimum Gasteiger partial charge on any atom is -0.356 e. The molecule has 2 rings (SSSR count). The second-order valence-electron chi connectivity index (χ2n) is 6.58. The van der Waals surface area contributed by atoms with Crippen LogP contribution in [0.4, 0.5) is 10.1 Å². The Balaban J connectivity index is 1.68. The van der Waals surface area contributed by atoms with E-state index in [4.69, 9.17) is 0 Å². The molecule has 0 bridgehead atoms. The molecule has 0 atom stereocenters. The van der Waals surface area contributed by atoms with Crippen LogP contribution in [0.1, 0.15) is 39.0 Å². The molecule has 1 saturated heterocycles. The molecule has 5 nitrogen and oxygen atoms in total. The van der Waals surface area contributed by atoms with Crippen molar-refractivity contribution in [1.82, 2.24) is 10.2 Å². The number of carbonyl (C=O) groups is 2. The molecule has 1 aromatic carbocycles. The van der Waals surface area contributed by atoms with Gasteiger partial charge >= 0.3 is 0 Å². The first-order valence-electron chi connectivity index (χ1n) is 9.14. The van der Waals surface area contributed by atoms with Crippen LogP contribution < -0.4 is 10.6 Å². The van der Waals surface area contributed by atoms with Gasteiger partial charge in [-0.05, 0) is 44.5 Å². The highest BCUT2D eigenvalue weighted by atomic mass is 19.1. The summed E-state index contributed by atoms with van der Waals surface area (Å²) < 4.78 is 13.5. The van der Waals surface area contributed by atoms with E-state index in [9.17, 15) is 14.0 Å². The number of hydrogen-bond acceptors (Lipinski definition) is 3. The number of carbonyl (C=O) groups excluding carboxylic acids is 2. The second kappa shape index (κ2) is 10.1. The van der Waals surface area contributed by atoms with Crippen LogP contribution in [0, 0.1) is 11.7 Å². The van der Waals surface area contributed by atoms with Crippen molar-refractivity contribution < 1.29 is 14.0 Å². The second-order valence-corrected chi connectivity index (χ2v) is 6.58. The standard InChI is InChI=1S/C19H28FN3O2/c1-2-3-6-11-21-19(25)15-9-12-23(13-10-15)14-18(24)22-17-8-5-4-7-16(17)20/h4-5,7-8,15H,2-3,6,9-14H2,1H3,(H,21,25)(H,22,24). The summed E-state index contributed by atoms with van der Waals surface area (Å²) in [5, 5.41) is 5.60. The van der Waals surface area contributed by atoms with Crippen molar-refractivity contribution in [2.75, 3.05) is 31.5 Å². The first-order chi connectivity index (χ1) is 12.1. The molecule has 0 aliphatic carbocycles. The Morgan fingerprint density at radius 2 is 1.92 bits per heavy atom. The van der Waals surface area contributed by atoms with E-state index in [1.807, 2.05) is 4.90 Å². The summed E-state index contributed by atoms with van der Waals surface area (Å²) in [6.45, 7) is 4.52. The summed E-state index contributed by atoms with van der Waals surface area (Å²) >= 11 is 0. The lowest BCUT2D eigenvalue weighted by molar-refractivity contribution is -0.126. The zero-order valence-corrected chi connectivity index (χ0v) is 14.9. The third kappa shape index (κ3) is 6.46. The molecular formula is C19H28FN3O2. The summed E-state index contributed by atoms with van der Waals surface area (Å²) in [5.41, 5.74) is 0.203. The van der Waals surface area contributed by atoms with Gasteiger partial charge in [-0.15, -0.1) is 0 Å². The van der Waals surface area contributed by atoms with Gasteiger partial charge in [-0.3, -0.25) is 14.5 Å². The molecule has 0 spiro atoms. The Morgan fingerprint density at radius 1 is 1.20 bits per heavy atom. The number of benzene rings is 1. The van der Waals surface area contributed by atoms with Crippen molar-refractivity contribution in [3.05, 3.63) is 30.1 Å². The van der Waals surface area contributed by atoms with Crippen LogP contribution in [-0.2, 0) is 9.59 Å². The average Bonchev–Trinajstić information content (AvgIpc) is 2.61. The summed E-state index contributed by atoms with van der Waals surface area (Å²) in [5.74, 6) is -0.499. The monoisotopic (exact) mass is 349 g/mol. The van der Waals surface area contributed by atoms with E-state index in [1.54, 1.807) is 18.2 Å². The van der Waals surface area contributed by atoms with Gasteiger partial charge < -0.3 is 10.6 Å². The molecule has 1 aromatic rings. The molecule has 1 aliphatic rings. The van der Waals surface area contributed by atoms with Crippen LogP contribution in [-0.4, -0.2) is 42.9 Å². The fraction of sp³-hybridized carbons (Fsp3) is 0.579. The van der Waals surface area contributed by atoms with Crippen LogP contribution in [0.3, 0.4) is 0 Å². The van der Waals surface area contributed by atoms with E-state index < -0.39 is 5.82 Å². The van der Waals surface area contributed by atoms with Gasteiger partial charge in [0.25, 0.3) is 0 Å². The smallest absolute Gasteiger partial charge is 0.238 e. The van der Waals surface area contributed by atoms with Gasteiger partial charge in [-0.2, -0.15) is 0 Å². The first kappa shape index (κ1) is 19.4. The van der Waals surface area contributed by atoms with Crippen molar-refractivity contribution in [3.63, 3.8) is 0 Å². The number of nitrogens with zero attached hydrogens (tertiary/aromatic N) is 1. The topological polar surface area (TPSA) is 61.4 Å². The number of hydrogen-bond donors (Lipinski definition) is 2. The highest BCUT2D eigenvalue weighted by molar-refractivity contribution is 5.92. The zero-order chi connectivity index (χ0) is 18.1. The lowest BCUT2D eigenvalue weighted by Crippen LogP contribution is -2.43. The Morgan fingerprint density at radius 3 is 2.60 bits per heavy atom. The number of rotatable bonds is 8. The van der Waals surface area contributed by atoms with Crippen molar-refractivity contribution >= 4 is 17.5 Å². The Bertz CT molecular complexity index is 572. The zero-order valence-electron chi connectivity index (χ0n) is 14.9. The maximum absolute atomic E-state index is 13.5. The van der Waals surface area contributed by atoms with Gasteiger partial charge in [-0.1, -0.05) is 31.9 Å². The van der Waals surface area contributed by atoms with Gasteiger partial charge in [0.05, 0.1) is 12.2 Å². The minimum atomic E-state index is -0.436. The van der Waals surface area contributed by atoms with E-state index >= 15 is 0 Å². The van der Waals surface area contributed by atoms with Crippen molar-refractivity contribution in [2.45, 2.75) is 39.0 Å². The number of unbranched alkanes of at least 4 members (excludes halogenated alkanes) is 2. The highest BCUT2D eigenvalue weighted by Crippen LogP contribution is 2.18. The highest BCUT2D eigenvalue weighted by Gasteiger charge is 2.25. The molecule has 2 amide bonds. The van der Waals surface area contributed by atoms with Gasteiger partial charge in [0.2, 0.25) is 11.8 Å². The van der Waals surface area contributed by atoms with Crippen molar-refractivity contribution in [1.29, 1.82) is 0 Å². The molecule has 1 fully saturated rings. The number of amides is 2. The van der Waals surface area contributed by atoms with Gasteiger partial charge in [0, 0.05) is 12.5 Å². The fourth-order valence-electron chi connectivity index (χ4n) is 3.04. The lowest BCUT2D eigenvalue weighted by Gasteiger charge is -2.30. The van der Waals surface area contributed by atoms with E-state index in [2.05, 4.69) is 17.6 Å². The first-order valence-corrected chi connectivity index (χ1v) is 9.14. The molecule has 6 heteroatoms. The molecule has 0 radical (unpaired) electrons. The van der Waals surface area contributed by atoms with Crippen LogP contribution in [0.25, 0.3) is 0 Å². The largest absolute Gasteiger partial charge is 0.356 e. The van der Waals surface area contributed by atoms with Crippen LogP contribution in [0.2, 0.25) is 0 Å². The van der Waals surface area contributed by atoms with E-state index in [-0.39, 0.29) is 30.0 Å². The summed E-state index contributed by atoms with van der Waals surface area (Å²) in [6.07, 6.45) is 4.82. The predicted molar refractivity (Wildman–Crippen MR) is 96.7 cm³/mol. The number of nitrogens with one attached hydrogen (secondary N) is 2. The van der Waals surface area contributed by atoms with E-state index in [0.717, 1.165) is 38.6 Å². The van der Waals surface area contributed by atoms with Gasteiger partial charge in [-0.25, -0.2) is 4.39 Å². The quantitative estimate of drug-likeness (QED) is 0.710. The summed E-state index contributed by atoms with van der Waals surface area (Å²) in [4.78, 5) is 26.2. The fourth-order valence-corrected chi connectivity index (χ4v) is 3.04.